The number of nitrogens with one attached hydrogen (secondary N) is 1. The molecule has 0 radical (unpaired) electrons. The molecule has 2 aromatic rings. The van der Waals surface area contributed by atoms with Gasteiger partial charge < -0.3 is 14.7 Å². The monoisotopic (exact) mass is 423 g/mol. The quantitative estimate of drug-likeness (QED) is 0.750. The lowest BCUT2D eigenvalue weighted by Crippen LogP contribution is -2.42. The molecule has 0 aliphatic carbocycles. The summed E-state index contributed by atoms with van der Waals surface area (Å²) in [7, 11) is 0. The highest BCUT2D eigenvalue weighted by Gasteiger charge is 2.30. The van der Waals surface area contributed by atoms with E-state index in [1.165, 1.54) is 12.0 Å². The Morgan fingerprint density at radius 3 is 2.58 bits per heavy atom. The predicted molar refractivity (Wildman–Crippen MR) is 124 cm³/mol. The third-order valence-corrected chi connectivity index (χ3v) is 6.98. The van der Waals surface area contributed by atoms with Gasteiger partial charge in [0.05, 0.1) is 5.69 Å². The minimum atomic E-state index is 0.139. The second-order valence-electron chi connectivity index (χ2n) is 10.4. The molecule has 2 fully saturated rings. The Kier molecular flexibility index (Phi) is 6.80. The maximum Gasteiger partial charge on any atom is 0.222 e. The van der Waals surface area contributed by atoms with E-state index in [9.17, 15) is 4.79 Å². The van der Waals surface area contributed by atoms with Crippen LogP contribution < -0.4 is 5.32 Å². The van der Waals surface area contributed by atoms with E-state index in [2.05, 4.69) is 66.5 Å². The summed E-state index contributed by atoms with van der Waals surface area (Å²) in [6.45, 7) is 10.5. The van der Waals surface area contributed by atoms with Crippen LogP contribution >= 0.6 is 0 Å². The van der Waals surface area contributed by atoms with E-state index in [0.29, 0.717) is 24.2 Å². The summed E-state index contributed by atoms with van der Waals surface area (Å²) in [4.78, 5) is 14.9. The van der Waals surface area contributed by atoms with Gasteiger partial charge in [-0.25, -0.2) is 0 Å². The summed E-state index contributed by atoms with van der Waals surface area (Å²) < 4.78 is 5.68. The average molecular weight is 424 g/mol. The number of piperidine rings is 2. The van der Waals surface area contributed by atoms with Gasteiger partial charge >= 0.3 is 0 Å². The normalized spacial score (nSPS) is 22.5. The lowest BCUT2D eigenvalue weighted by atomic mass is 9.81. The maximum atomic E-state index is 12.8. The van der Waals surface area contributed by atoms with E-state index in [1.807, 2.05) is 0 Å². The Morgan fingerprint density at radius 1 is 1.13 bits per heavy atom. The standard InChI is InChI=1S/C26H37N3O2/c1-26(2,3)22-9-7-19(8-10-22)24-17-23(28-31-24)15-21-18-27-12-11-20(21)16-25(30)29-13-5-4-6-14-29/h7-10,17,20-21,27H,4-6,11-16,18H2,1-3H3/t20-,21+/m0/s1. The van der Waals surface area contributed by atoms with Crippen LogP contribution in [0, 0.1) is 11.8 Å². The van der Waals surface area contributed by atoms with Crippen LogP contribution in [0.5, 0.6) is 0 Å². The van der Waals surface area contributed by atoms with Gasteiger partial charge in [0.25, 0.3) is 0 Å². The van der Waals surface area contributed by atoms with Crippen LogP contribution in [0.25, 0.3) is 11.3 Å². The number of nitrogens with zero attached hydrogens (tertiary/aromatic N) is 2. The molecular weight excluding hydrogens is 386 g/mol. The van der Waals surface area contributed by atoms with Crippen molar-refractivity contribution in [1.29, 1.82) is 0 Å². The van der Waals surface area contributed by atoms with Crippen LogP contribution in [0.4, 0.5) is 0 Å². The van der Waals surface area contributed by atoms with E-state index in [1.54, 1.807) is 0 Å². The van der Waals surface area contributed by atoms with Gasteiger partial charge in [-0.05, 0) is 68.0 Å². The summed E-state index contributed by atoms with van der Waals surface area (Å²) in [5.41, 5.74) is 3.49. The fourth-order valence-corrected chi connectivity index (χ4v) is 4.93. The SMILES string of the molecule is CC(C)(C)c1ccc(-c2cc(C[C@@H]3CNCC[C@H]3CC(=O)N3CCCCC3)no2)cc1. The van der Waals surface area contributed by atoms with Gasteiger partial charge in [0.1, 0.15) is 0 Å². The highest BCUT2D eigenvalue weighted by molar-refractivity contribution is 5.76. The minimum absolute atomic E-state index is 0.139. The van der Waals surface area contributed by atoms with Crippen molar-refractivity contribution >= 4 is 5.91 Å². The Hall–Kier alpha value is -2.14. The van der Waals surface area contributed by atoms with Gasteiger partial charge in [0.2, 0.25) is 5.91 Å². The minimum Gasteiger partial charge on any atom is -0.356 e. The van der Waals surface area contributed by atoms with Gasteiger partial charge in [0, 0.05) is 31.1 Å². The zero-order valence-corrected chi connectivity index (χ0v) is 19.3. The summed E-state index contributed by atoms with van der Waals surface area (Å²) in [5.74, 6) is 2.00. The zero-order chi connectivity index (χ0) is 21.8. The number of carbonyl (C=O) groups is 1. The molecule has 5 heteroatoms. The lowest BCUT2D eigenvalue weighted by Gasteiger charge is -2.34. The van der Waals surface area contributed by atoms with Crippen molar-refractivity contribution in [2.75, 3.05) is 26.2 Å². The molecule has 4 rings (SSSR count). The van der Waals surface area contributed by atoms with Gasteiger partial charge in [-0.1, -0.05) is 50.2 Å². The van der Waals surface area contributed by atoms with E-state index < -0.39 is 0 Å². The summed E-state index contributed by atoms with van der Waals surface area (Å²) >= 11 is 0. The van der Waals surface area contributed by atoms with Gasteiger partial charge in [0.15, 0.2) is 5.76 Å². The van der Waals surface area contributed by atoms with E-state index in [-0.39, 0.29) is 5.41 Å². The number of likely N-dealkylation sites (tertiary alicyclic amines) is 1. The number of benzene rings is 1. The average Bonchev–Trinajstić information content (AvgIpc) is 3.24. The molecule has 0 unspecified atom stereocenters. The second kappa shape index (κ2) is 9.56. The highest BCUT2D eigenvalue weighted by Crippen LogP contribution is 2.30. The first-order valence-electron chi connectivity index (χ1n) is 11.9. The van der Waals surface area contributed by atoms with Crippen molar-refractivity contribution < 1.29 is 9.32 Å². The number of amides is 1. The molecule has 31 heavy (non-hydrogen) atoms. The fraction of sp³-hybridized carbons (Fsp3) is 0.615. The van der Waals surface area contributed by atoms with Gasteiger partial charge in [-0.15, -0.1) is 0 Å². The first-order chi connectivity index (χ1) is 14.9. The third kappa shape index (κ3) is 5.57. The summed E-state index contributed by atoms with van der Waals surface area (Å²) in [6, 6.07) is 10.7. The van der Waals surface area contributed by atoms with Gasteiger partial charge in [-0.3, -0.25) is 4.79 Å². The second-order valence-corrected chi connectivity index (χ2v) is 10.4. The molecule has 2 atom stereocenters. The van der Waals surface area contributed by atoms with Crippen LogP contribution in [0.3, 0.4) is 0 Å². The van der Waals surface area contributed by atoms with Crippen LogP contribution in [0.2, 0.25) is 0 Å². The van der Waals surface area contributed by atoms with E-state index in [0.717, 1.165) is 68.9 Å². The molecule has 1 amide bonds. The van der Waals surface area contributed by atoms with Crippen molar-refractivity contribution in [2.24, 2.45) is 11.8 Å². The molecule has 2 saturated heterocycles. The molecule has 2 aliphatic rings. The first-order valence-corrected chi connectivity index (χ1v) is 11.9. The fourth-order valence-electron chi connectivity index (χ4n) is 4.93. The predicted octanol–water partition coefficient (Wildman–Crippen LogP) is 4.81. The zero-order valence-electron chi connectivity index (χ0n) is 19.3. The van der Waals surface area contributed by atoms with Crippen molar-refractivity contribution in [3.05, 3.63) is 41.6 Å². The third-order valence-electron chi connectivity index (χ3n) is 6.98. The van der Waals surface area contributed by atoms with E-state index >= 15 is 0 Å². The Morgan fingerprint density at radius 2 is 1.87 bits per heavy atom. The molecule has 3 heterocycles. The lowest BCUT2D eigenvalue weighted by molar-refractivity contribution is -0.133. The molecule has 0 saturated carbocycles. The largest absolute Gasteiger partial charge is 0.356 e. The number of carbonyl (C=O) groups excluding carboxylic acids is 1. The molecule has 0 spiro atoms. The number of hydrogen-bond donors (Lipinski definition) is 1. The summed E-state index contributed by atoms with van der Waals surface area (Å²) in [6.07, 6.45) is 6.15. The Labute approximate surface area is 186 Å². The van der Waals surface area contributed by atoms with Crippen LogP contribution in [-0.2, 0) is 16.6 Å². The number of aromatic nitrogens is 1. The molecule has 1 aromatic heterocycles. The molecule has 1 aromatic carbocycles. The molecular formula is C26H37N3O2. The Balaban J connectivity index is 1.39. The molecule has 2 aliphatic heterocycles. The maximum absolute atomic E-state index is 12.8. The Bertz CT molecular complexity index is 860. The molecule has 0 bridgehead atoms. The first kappa shape index (κ1) is 22.1. The van der Waals surface area contributed by atoms with Crippen LogP contribution in [-0.4, -0.2) is 42.1 Å². The van der Waals surface area contributed by atoms with E-state index in [4.69, 9.17) is 4.52 Å². The van der Waals surface area contributed by atoms with Crippen LogP contribution in [0.1, 0.15) is 64.1 Å². The van der Waals surface area contributed by atoms with Crippen molar-refractivity contribution in [3.8, 4) is 11.3 Å². The van der Waals surface area contributed by atoms with Crippen LogP contribution in [0.15, 0.2) is 34.9 Å². The molecule has 1 N–H and O–H groups in total. The van der Waals surface area contributed by atoms with Crippen molar-refractivity contribution in [2.45, 2.75) is 64.7 Å². The number of rotatable bonds is 5. The molecule has 5 nitrogen and oxygen atoms in total. The topological polar surface area (TPSA) is 58.4 Å². The van der Waals surface area contributed by atoms with Crippen molar-refractivity contribution in [1.82, 2.24) is 15.4 Å². The highest BCUT2D eigenvalue weighted by atomic mass is 16.5. The smallest absolute Gasteiger partial charge is 0.222 e. The number of hydrogen-bond acceptors (Lipinski definition) is 4. The molecule has 168 valence electrons. The summed E-state index contributed by atoms with van der Waals surface area (Å²) in [5, 5.41) is 7.88. The van der Waals surface area contributed by atoms with Gasteiger partial charge in [-0.2, -0.15) is 0 Å². The van der Waals surface area contributed by atoms with Crippen molar-refractivity contribution in [3.63, 3.8) is 0 Å².